The van der Waals surface area contributed by atoms with Gasteiger partial charge in [-0.1, -0.05) is 43.7 Å². The molecule has 1 aliphatic heterocycles. The average Bonchev–Trinajstić information content (AvgIpc) is 2.44. The molecule has 1 saturated heterocycles. The third-order valence-electron chi connectivity index (χ3n) is 4.16. The van der Waals surface area contributed by atoms with Crippen LogP contribution >= 0.6 is 0 Å². The first-order chi connectivity index (χ1) is 9.95. The van der Waals surface area contributed by atoms with E-state index in [0.717, 1.165) is 18.7 Å². The summed E-state index contributed by atoms with van der Waals surface area (Å²) in [5.74, 6) is 1.30. The van der Waals surface area contributed by atoms with E-state index < -0.39 is 0 Å². The van der Waals surface area contributed by atoms with Crippen LogP contribution in [-0.4, -0.2) is 29.7 Å². The predicted octanol–water partition coefficient (Wildman–Crippen LogP) is 3.46. The molecule has 0 aromatic heterocycles. The summed E-state index contributed by atoms with van der Waals surface area (Å²) in [5.41, 5.74) is 1.84. The zero-order valence-electron chi connectivity index (χ0n) is 13.3. The van der Waals surface area contributed by atoms with Gasteiger partial charge in [0, 0.05) is 31.5 Å². The van der Waals surface area contributed by atoms with Crippen molar-refractivity contribution in [2.24, 2.45) is 11.8 Å². The number of carbonyl (C=O) groups is 2. The maximum atomic E-state index is 12.3. The highest BCUT2D eigenvalue weighted by molar-refractivity contribution is 5.97. The van der Waals surface area contributed by atoms with E-state index in [1.54, 1.807) is 0 Å². The molecule has 3 heteroatoms. The summed E-state index contributed by atoms with van der Waals surface area (Å²) in [5, 5.41) is 0. The molecule has 114 valence electrons. The molecule has 0 radical (unpaired) electrons. The Bertz CT molecular complexity index is 496. The predicted molar refractivity (Wildman–Crippen MR) is 84.3 cm³/mol. The van der Waals surface area contributed by atoms with Crippen LogP contribution in [0, 0.1) is 18.8 Å². The molecule has 0 aliphatic carbocycles. The summed E-state index contributed by atoms with van der Waals surface area (Å²) in [6, 6.07) is 7.55. The van der Waals surface area contributed by atoms with Crippen LogP contribution in [-0.2, 0) is 4.79 Å². The number of amides is 1. The lowest BCUT2D eigenvalue weighted by molar-refractivity contribution is -0.133. The van der Waals surface area contributed by atoms with E-state index in [0.29, 0.717) is 30.2 Å². The average molecular weight is 287 g/mol. The van der Waals surface area contributed by atoms with Crippen LogP contribution < -0.4 is 0 Å². The number of nitrogens with zero attached hydrogens (tertiary/aromatic N) is 1. The maximum Gasteiger partial charge on any atom is 0.223 e. The van der Waals surface area contributed by atoms with E-state index in [1.165, 1.54) is 6.42 Å². The van der Waals surface area contributed by atoms with Gasteiger partial charge in [0.2, 0.25) is 5.91 Å². The second-order valence-corrected chi connectivity index (χ2v) is 6.53. The fourth-order valence-electron chi connectivity index (χ4n) is 3.13. The standard InChI is InChI=1S/C18H25NO2/c1-13-4-6-16(7-5-13)17(20)8-9-18(21)19-11-14(2)10-15(3)12-19/h4-7,14-15H,8-12H2,1-3H3. The number of rotatable bonds is 4. The maximum absolute atomic E-state index is 12.3. The Balaban J connectivity index is 1.86. The van der Waals surface area contributed by atoms with Crippen LogP contribution in [0.1, 0.15) is 49.0 Å². The lowest BCUT2D eigenvalue weighted by Crippen LogP contribution is -2.42. The number of aryl methyl sites for hydroxylation is 1. The SMILES string of the molecule is Cc1ccc(C(=O)CCC(=O)N2CC(C)CC(C)C2)cc1. The van der Waals surface area contributed by atoms with Crippen LogP contribution in [0.4, 0.5) is 0 Å². The van der Waals surface area contributed by atoms with Gasteiger partial charge in [0.05, 0.1) is 0 Å². The van der Waals surface area contributed by atoms with Crippen molar-refractivity contribution in [1.29, 1.82) is 0 Å². The fourth-order valence-corrected chi connectivity index (χ4v) is 3.13. The number of piperidine rings is 1. The molecule has 0 spiro atoms. The molecule has 21 heavy (non-hydrogen) atoms. The molecular weight excluding hydrogens is 262 g/mol. The van der Waals surface area contributed by atoms with Crippen molar-refractivity contribution in [2.45, 2.75) is 40.0 Å². The van der Waals surface area contributed by atoms with Crippen molar-refractivity contribution >= 4 is 11.7 Å². The summed E-state index contributed by atoms with van der Waals surface area (Å²) >= 11 is 0. The third kappa shape index (κ3) is 4.42. The Morgan fingerprint density at radius 2 is 1.62 bits per heavy atom. The Hall–Kier alpha value is -1.64. The van der Waals surface area contributed by atoms with Crippen molar-refractivity contribution in [3.63, 3.8) is 0 Å². The number of hydrogen-bond donors (Lipinski definition) is 0. The van der Waals surface area contributed by atoms with Gasteiger partial charge in [0.25, 0.3) is 0 Å². The van der Waals surface area contributed by atoms with Crippen LogP contribution in [0.25, 0.3) is 0 Å². The normalized spacial score (nSPS) is 22.1. The van der Waals surface area contributed by atoms with Gasteiger partial charge >= 0.3 is 0 Å². The van der Waals surface area contributed by atoms with E-state index in [4.69, 9.17) is 0 Å². The molecule has 0 saturated carbocycles. The summed E-state index contributed by atoms with van der Waals surface area (Å²) in [6.07, 6.45) is 1.82. The number of ketones is 1. The molecule has 0 bridgehead atoms. The van der Waals surface area contributed by atoms with Gasteiger partial charge in [0.1, 0.15) is 0 Å². The minimum Gasteiger partial charge on any atom is -0.342 e. The summed E-state index contributed by atoms with van der Waals surface area (Å²) in [7, 11) is 0. The number of hydrogen-bond acceptors (Lipinski definition) is 2. The van der Waals surface area contributed by atoms with Gasteiger partial charge in [-0.15, -0.1) is 0 Å². The monoisotopic (exact) mass is 287 g/mol. The van der Waals surface area contributed by atoms with Crippen molar-refractivity contribution in [1.82, 2.24) is 4.90 Å². The molecule has 3 nitrogen and oxygen atoms in total. The highest BCUT2D eigenvalue weighted by atomic mass is 16.2. The summed E-state index contributed by atoms with van der Waals surface area (Å²) < 4.78 is 0. The smallest absolute Gasteiger partial charge is 0.223 e. The zero-order chi connectivity index (χ0) is 15.4. The van der Waals surface area contributed by atoms with Gasteiger partial charge in [-0.05, 0) is 25.2 Å². The van der Waals surface area contributed by atoms with Crippen LogP contribution in [0.2, 0.25) is 0 Å². The Labute approximate surface area is 127 Å². The van der Waals surface area contributed by atoms with Gasteiger partial charge in [0.15, 0.2) is 5.78 Å². The largest absolute Gasteiger partial charge is 0.342 e. The molecule has 1 amide bonds. The Morgan fingerprint density at radius 3 is 2.19 bits per heavy atom. The lowest BCUT2D eigenvalue weighted by Gasteiger charge is -2.35. The molecule has 2 atom stereocenters. The molecule has 2 rings (SSSR count). The summed E-state index contributed by atoms with van der Waals surface area (Å²) in [6.45, 7) is 8.04. The molecule has 1 fully saturated rings. The van der Waals surface area contributed by atoms with Crippen molar-refractivity contribution < 1.29 is 9.59 Å². The minimum absolute atomic E-state index is 0.0569. The molecule has 1 aromatic rings. The topological polar surface area (TPSA) is 37.4 Å². The van der Waals surface area contributed by atoms with E-state index in [2.05, 4.69) is 13.8 Å². The van der Waals surface area contributed by atoms with Gasteiger partial charge in [-0.25, -0.2) is 0 Å². The van der Waals surface area contributed by atoms with E-state index in [-0.39, 0.29) is 11.7 Å². The van der Waals surface area contributed by atoms with Crippen LogP contribution in [0.5, 0.6) is 0 Å². The first-order valence-corrected chi connectivity index (χ1v) is 7.83. The molecule has 1 aliphatic rings. The third-order valence-corrected chi connectivity index (χ3v) is 4.16. The first kappa shape index (κ1) is 15.7. The fraction of sp³-hybridized carbons (Fsp3) is 0.556. The van der Waals surface area contributed by atoms with Crippen molar-refractivity contribution in [3.05, 3.63) is 35.4 Å². The highest BCUT2D eigenvalue weighted by Crippen LogP contribution is 2.21. The molecule has 1 heterocycles. The van der Waals surface area contributed by atoms with Crippen LogP contribution in [0.15, 0.2) is 24.3 Å². The van der Waals surface area contributed by atoms with E-state index >= 15 is 0 Å². The zero-order valence-corrected chi connectivity index (χ0v) is 13.3. The lowest BCUT2D eigenvalue weighted by atomic mass is 9.91. The van der Waals surface area contributed by atoms with E-state index in [1.807, 2.05) is 36.1 Å². The van der Waals surface area contributed by atoms with Crippen LogP contribution in [0.3, 0.4) is 0 Å². The van der Waals surface area contributed by atoms with Gasteiger partial charge in [-0.3, -0.25) is 9.59 Å². The number of carbonyl (C=O) groups excluding carboxylic acids is 2. The number of Topliss-reactive ketones (excluding diaryl/α,β-unsaturated/α-hetero) is 1. The molecular formula is C18H25NO2. The minimum atomic E-state index is 0.0569. The first-order valence-electron chi connectivity index (χ1n) is 7.83. The van der Waals surface area contributed by atoms with Crippen molar-refractivity contribution in [3.8, 4) is 0 Å². The quantitative estimate of drug-likeness (QED) is 0.795. The van der Waals surface area contributed by atoms with Crippen molar-refractivity contribution in [2.75, 3.05) is 13.1 Å². The summed E-state index contributed by atoms with van der Waals surface area (Å²) in [4.78, 5) is 26.3. The number of likely N-dealkylation sites (tertiary alicyclic amines) is 1. The highest BCUT2D eigenvalue weighted by Gasteiger charge is 2.25. The second kappa shape index (κ2) is 6.88. The molecule has 2 unspecified atom stereocenters. The number of benzene rings is 1. The Morgan fingerprint density at radius 1 is 1.05 bits per heavy atom. The second-order valence-electron chi connectivity index (χ2n) is 6.53. The van der Waals surface area contributed by atoms with Gasteiger partial charge < -0.3 is 4.90 Å². The molecule has 1 aromatic carbocycles. The Kier molecular flexibility index (Phi) is 5.16. The van der Waals surface area contributed by atoms with Gasteiger partial charge in [-0.2, -0.15) is 0 Å². The van der Waals surface area contributed by atoms with E-state index in [9.17, 15) is 9.59 Å². The molecule has 0 N–H and O–H groups in total.